The normalized spacial score (nSPS) is 12.8. The first-order chi connectivity index (χ1) is 14.8. The van der Waals surface area contributed by atoms with E-state index in [0.29, 0.717) is 12.1 Å². The largest absolute Gasteiger partial charge is 0.433 e. The maximum atomic E-state index is 11.7. The van der Waals surface area contributed by atoms with Gasteiger partial charge in [0, 0.05) is 0 Å². The number of hydrogen-bond acceptors (Lipinski definition) is 11. The summed E-state index contributed by atoms with van der Waals surface area (Å²) in [6.07, 6.45) is 0. The summed E-state index contributed by atoms with van der Waals surface area (Å²) in [6, 6.07) is 4.76. The molecule has 4 N–H and O–H groups in total. The Morgan fingerprint density at radius 3 is 1.12 bits per heavy atom. The smallest absolute Gasteiger partial charge is 0.296 e. The molecule has 0 aliphatic heterocycles. The van der Waals surface area contributed by atoms with Crippen molar-refractivity contribution in [2.75, 3.05) is 0 Å². The van der Waals surface area contributed by atoms with Crippen molar-refractivity contribution in [1.82, 2.24) is 0 Å². The van der Waals surface area contributed by atoms with E-state index >= 15 is 0 Å². The van der Waals surface area contributed by atoms with Crippen molar-refractivity contribution in [3.63, 3.8) is 0 Å². The standard InChI is InChI=1S/C14H10O13S6/c15-30(16,17)9-5-1-3-7(11(9)32(21,22)23)13(28)27-14(29)8-4-2-6-10(31(18,19)20)12(8)33(24,25)26/h1-6H,(H,15,16,17)(H,18,19,20)(H,21,22,23)(H,24,25,26). The molecule has 19 heteroatoms. The predicted octanol–water partition coefficient (Wildman–Crippen LogP) is 0.741. The Balaban J connectivity index is 2.70. The zero-order valence-electron chi connectivity index (χ0n) is 15.4. The molecule has 0 aliphatic rings. The number of ether oxygens (including phenoxy) is 1. The molecule has 0 unspecified atom stereocenters. The first kappa shape index (κ1) is 27.3. The van der Waals surface area contributed by atoms with Crippen molar-refractivity contribution in [3.8, 4) is 0 Å². The van der Waals surface area contributed by atoms with Crippen LogP contribution in [0.3, 0.4) is 0 Å². The highest BCUT2D eigenvalue weighted by Crippen LogP contribution is 2.29. The molecule has 2 aromatic rings. The molecule has 13 nitrogen and oxygen atoms in total. The van der Waals surface area contributed by atoms with Gasteiger partial charge >= 0.3 is 0 Å². The molecule has 0 amide bonds. The van der Waals surface area contributed by atoms with Gasteiger partial charge in [-0.1, -0.05) is 12.1 Å². The van der Waals surface area contributed by atoms with Gasteiger partial charge in [-0.05, 0) is 48.7 Å². The molecular weight excluding hydrogens is 569 g/mol. The highest BCUT2D eigenvalue weighted by molar-refractivity contribution is 7.89. The Morgan fingerprint density at radius 2 is 0.879 bits per heavy atom. The van der Waals surface area contributed by atoms with Crippen LogP contribution >= 0.6 is 24.4 Å². The van der Waals surface area contributed by atoms with Gasteiger partial charge < -0.3 is 4.74 Å². The second kappa shape index (κ2) is 9.02. The van der Waals surface area contributed by atoms with Crippen LogP contribution in [0, 0.1) is 0 Å². The zero-order valence-corrected chi connectivity index (χ0v) is 20.3. The van der Waals surface area contributed by atoms with Crippen LogP contribution in [-0.4, -0.2) is 62.0 Å². The summed E-state index contributed by atoms with van der Waals surface area (Å²) in [5.74, 6) is 0. The molecular formula is C14H10O13S6. The molecule has 0 aliphatic carbocycles. The second-order valence-electron chi connectivity index (χ2n) is 5.84. The lowest BCUT2D eigenvalue weighted by Crippen LogP contribution is -2.20. The second-order valence-corrected chi connectivity index (χ2v) is 12.1. The van der Waals surface area contributed by atoms with E-state index in [0.717, 1.165) is 24.3 Å². The van der Waals surface area contributed by atoms with Crippen LogP contribution in [-0.2, 0) is 45.2 Å². The van der Waals surface area contributed by atoms with Crippen LogP contribution in [0.2, 0.25) is 0 Å². The maximum Gasteiger partial charge on any atom is 0.296 e. The summed E-state index contributed by atoms with van der Waals surface area (Å²) in [6.45, 7) is 0. The van der Waals surface area contributed by atoms with Crippen LogP contribution in [0.1, 0.15) is 11.1 Å². The fourth-order valence-electron chi connectivity index (χ4n) is 2.49. The van der Waals surface area contributed by atoms with E-state index in [-0.39, 0.29) is 0 Å². The Morgan fingerprint density at radius 1 is 0.576 bits per heavy atom. The summed E-state index contributed by atoms with van der Waals surface area (Å²) < 4.78 is 135. The lowest BCUT2D eigenvalue weighted by Gasteiger charge is -2.15. The molecule has 0 aromatic heterocycles. The molecule has 0 fully saturated rings. The van der Waals surface area contributed by atoms with Crippen molar-refractivity contribution in [2.45, 2.75) is 19.6 Å². The van der Waals surface area contributed by atoms with Crippen molar-refractivity contribution < 1.29 is 56.6 Å². The summed E-state index contributed by atoms with van der Waals surface area (Å²) in [7, 11) is -21.1. The monoisotopic (exact) mass is 578 g/mol. The first-order valence-corrected chi connectivity index (χ1v) is 14.3. The predicted molar refractivity (Wildman–Crippen MR) is 117 cm³/mol. The van der Waals surface area contributed by atoms with Crippen molar-refractivity contribution >= 4 is 75.0 Å². The molecule has 0 heterocycles. The lowest BCUT2D eigenvalue weighted by molar-refractivity contribution is 0.465. The molecule has 180 valence electrons. The average Bonchev–Trinajstić information content (AvgIpc) is 2.63. The molecule has 33 heavy (non-hydrogen) atoms. The third-order valence-electron chi connectivity index (χ3n) is 3.65. The van der Waals surface area contributed by atoms with Crippen LogP contribution in [0.15, 0.2) is 56.0 Å². The van der Waals surface area contributed by atoms with Gasteiger partial charge in [0.1, 0.15) is 19.6 Å². The summed E-state index contributed by atoms with van der Waals surface area (Å²) in [5.41, 5.74) is -1.60. The average molecular weight is 579 g/mol. The maximum absolute atomic E-state index is 11.7. The van der Waals surface area contributed by atoms with Crippen LogP contribution in [0.5, 0.6) is 0 Å². The van der Waals surface area contributed by atoms with E-state index in [4.69, 9.17) is 29.2 Å². The Kier molecular flexibility index (Phi) is 7.46. The molecule has 2 rings (SSSR count). The van der Waals surface area contributed by atoms with Crippen LogP contribution < -0.4 is 0 Å². The third-order valence-corrected chi connectivity index (χ3v) is 8.22. The summed E-state index contributed by atoms with van der Waals surface area (Å²) in [4.78, 5) is -5.32. The van der Waals surface area contributed by atoms with E-state index in [1.54, 1.807) is 0 Å². The number of rotatable bonds is 6. The molecule has 0 spiro atoms. The molecule has 0 saturated heterocycles. The minimum Gasteiger partial charge on any atom is -0.433 e. The van der Waals surface area contributed by atoms with Gasteiger partial charge in [0.25, 0.3) is 40.5 Å². The number of hydrogen-bond donors (Lipinski definition) is 4. The van der Waals surface area contributed by atoms with Gasteiger partial charge in [-0.25, -0.2) is 0 Å². The highest BCUT2D eigenvalue weighted by atomic mass is 32.2. The highest BCUT2D eigenvalue weighted by Gasteiger charge is 2.32. The molecule has 0 radical (unpaired) electrons. The number of benzene rings is 2. The van der Waals surface area contributed by atoms with E-state index < -0.39 is 81.3 Å². The molecule has 2 aromatic carbocycles. The minimum absolute atomic E-state index is 0.620. The van der Waals surface area contributed by atoms with Crippen molar-refractivity contribution in [1.29, 1.82) is 0 Å². The van der Waals surface area contributed by atoms with Crippen molar-refractivity contribution in [2.24, 2.45) is 0 Å². The third kappa shape index (κ3) is 6.15. The van der Waals surface area contributed by atoms with Gasteiger partial charge in [0.2, 0.25) is 10.1 Å². The Bertz CT molecular complexity index is 1480. The minimum atomic E-state index is -5.35. The fourth-order valence-corrected chi connectivity index (χ4v) is 7.15. The fraction of sp³-hybridized carbons (Fsp3) is 0. The van der Waals surface area contributed by atoms with Gasteiger partial charge in [-0.2, -0.15) is 33.7 Å². The topological polar surface area (TPSA) is 227 Å². The molecule has 0 atom stereocenters. The molecule has 0 saturated carbocycles. The van der Waals surface area contributed by atoms with Crippen LogP contribution in [0.4, 0.5) is 0 Å². The Labute approximate surface area is 198 Å². The molecule has 0 bridgehead atoms. The van der Waals surface area contributed by atoms with Crippen LogP contribution in [0.25, 0.3) is 0 Å². The van der Waals surface area contributed by atoms with E-state index in [1.807, 2.05) is 0 Å². The van der Waals surface area contributed by atoms with Gasteiger partial charge in [0.15, 0.2) is 0 Å². The van der Waals surface area contributed by atoms with Gasteiger partial charge in [0.05, 0.1) is 11.1 Å². The van der Waals surface area contributed by atoms with Gasteiger partial charge in [-0.3, -0.25) is 18.2 Å². The SMILES string of the molecule is O=S(=O)(O)c1cccc(C(=S)OC(=S)c2cccc(S(=O)(=O)O)c2S(=O)(=O)O)c1S(=O)(=O)O. The van der Waals surface area contributed by atoms with E-state index in [2.05, 4.69) is 0 Å². The van der Waals surface area contributed by atoms with Crippen molar-refractivity contribution in [3.05, 3.63) is 47.5 Å². The zero-order chi connectivity index (χ0) is 25.6. The lowest BCUT2D eigenvalue weighted by atomic mass is 10.2. The van der Waals surface area contributed by atoms with E-state index in [9.17, 15) is 51.9 Å². The first-order valence-electron chi connectivity index (χ1n) is 7.68. The number of thiocarbonyl (C=S) groups is 2. The summed E-state index contributed by atoms with van der Waals surface area (Å²) in [5, 5.41) is -1.92. The Hall–Kier alpha value is -1.94. The van der Waals surface area contributed by atoms with E-state index in [1.165, 1.54) is 0 Å². The summed E-state index contributed by atoms with van der Waals surface area (Å²) >= 11 is 9.67. The quantitative estimate of drug-likeness (QED) is 0.274. The van der Waals surface area contributed by atoms with Gasteiger partial charge in [-0.15, -0.1) is 0 Å².